The number of nitrogens with one attached hydrogen (secondary N) is 2. The SMILES string of the molecule is CCNc1ccc(C(=O)OCC)cc1NC(=O)c1cc2sc3ccccc3c2s1. The monoisotopic (exact) mass is 424 g/mol. The highest BCUT2D eigenvalue weighted by atomic mass is 32.1. The Bertz CT molecular complexity index is 1210. The Labute approximate surface area is 176 Å². The van der Waals surface area contributed by atoms with Gasteiger partial charge in [0.2, 0.25) is 0 Å². The molecule has 0 unspecified atom stereocenters. The van der Waals surface area contributed by atoms with Gasteiger partial charge in [0.1, 0.15) is 0 Å². The van der Waals surface area contributed by atoms with Crippen molar-refractivity contribution in [1.29, 1.82) is 0 Å². The van der Waals surface area contributed by atoms with E-state index in [-0.39, 0.29) is 5.91 Å². The van der Waals surface area contributed by atoms with Crippen LogP contribution in [0.5, 0.6) is 0 Å². The molecule has 2 aromatic heterocycles. The van der Waals surface area contributed by atoms with Crippen molar-refractivity contribution in [3.05, 3.63) is 59.0 Å². The molecule has 5 nitrogen and oxygen atoms in total. The summed E-state index contributed by atoms with van der Waals surface area (Å²) in [5.41, 5.74) is 1.73. The number of rotatable bonds is 6. The molecule has 0 aliphatic carbocycles. The summed E-state index contributed by atoms with van der Waals surface area (Å²) < 4.78 is 8.53. The lowest BCUT2D eigenvalue weighted by Gasteiger charge is -2.13. The van der Waals surface area contributed by atoms with Crippen LogP contribution in [0.1, 0.15) is 33.9 Å². The van der Waals surface area contributed by atoms with E-state index in [4.69, 9.17) is 4.74 Å². The number of benzene rings is 2. The number of anilines is 2. The van der Waals surface area contributed by atoms with Crippen molar-refractivity contribution in [3.63, 3.8) is 0 Å². The Kier molecular flexibility index (Phi) is 5.51. The zero-order valence-corrected chi connectivity index (χ0v) is 17.7. The first-order valence-corrected chi connectivity index (χ1v) is 11.0. The van der Waals surface area contributed by atoms with Gasteiger partial charge in [-0.3, -0.25) is 4.79 Å². The summed E-state index contributed by atoms with van der Waals surface area (Å²) in [6.07, 6.45) is 0. The number of esters is 1. The minimum Gasteiger partial charge on any atom is -0.462 e. The first-order valence-electron chi connectivity index (χ1n) is 9.38. The number of carbonyl (C=O) groups is 2. The third kappa shape index (κ3) is 3.83. The summed E-state index contributed by atoms with van der Waals surface area (Å²) in [5.74, 6) is -0.600. The van der Waals surface area contributed by atoms with Crippen LogP contribution in [0.3, 0.4) is 0 Å². The van der Waals surface area contributed by atoms with Crippen LogP contribution in [0.4, 0.5) is 11.4 Å². The Morgan fingerprint density at radius 2 is 1.79 bits per heavy atom. The van der Waals surface area contributed by atoms with Crippen LogP contribution >= 0.6 is 22.7 Å². The number of hydrogen-bond donors (Lipinski definition) is 2. The van der Waals surface area contributed by atoms with E-state index in [0.29, 0.717) is 29.3 Å². The maximum Gasteiger partial charge on any atom is 0.338 e. The zero-order valence-electron chi connectivity index (χ0n) is 16.1. The minimum absolute atomic E-state index is 0.192. The van der Waals surface area contributed by atoms with E-state index in [2.05, 4.69) is 22.8 Å². The van der Waals surface area contributed by atoms with E-state index in [1.165, 1.54) is 21.4 Å². The number of fused-ring (bicyclic) bond motifs is 3. The van der Waals surface area contributed by atoms with E-state index in [1.807, 2.05) is 25.1 Å². The van der Waals surface area contributed by atoms with E-state index in [9.17, 15) is 9.59 Å². The lowest BCUT2D eigenvalue weighted by Crippen LogP contribution is -2.14. The van der Waals surface area contributed by atoms with Crippen LogP contribution in [-0.4, -0.2) is 25.0 Å². The van der Waals surface area contributed by atoms with Crippen LogP contribution in [0.25, 0.3) is 19.5 Å². The minimum atomic E-state index is -0.408. The molecule has 2 heterocycles. The molecule has 4 aromatic rings. The summed E-state index contributed by atoms with van der Waals surface area (Å²) in [7, 11) is 0. The Morgan fingerprint density at radius 1 is 0.966 bits per heavy atom. The normalized spacial score (nSPS) is 11.0. The average molecular weight is 425 g/mol. The fourth-order valence-corrected chi connectivity index (χ4v) is 5.55. The second kappa shape index (κ2) is 8.23. The molecule has 4 rings (SSSR count). The molecule has 0 spiro atoms. The Hall–Kier alpha value is -2.90. The molecule has 0 fully saturated rings. The molecule has 0 saturated carbocycles. The summed E-state index contributed by atoms with van der Waals surface area (Å²) in [6.45, 7) is 4.74. The molecule has 0 radical (unpaired) electrons. The van der Waals surface area contributed by atoms with Crippen LogP contribution in [0, 0.1) is 0 Å². The van der Waals surface area contributed by atoms with Gasteiger partial charge in [-0.2, -0.15) is 0 Å². The summed E-state index contributed by atoms with van der Waals surface area (Å²) in [4.78, 5) is 25.7. The lowest BCUT2D eigenvalue weighted by atomic mass is 10.1. The third-order valence-electron chi connectivity index (χ3n) is 4.42. The second-order valence-electron chi connectivity index (χ2n) is 6.37. The molecule has 7 heteroatoms. The highest BCUT2D eigenvalue weighted by Gasteiger charge is 2.17. The van der Waals surface area contributed by atoms with Crippen molar-refractivity contribution in [3.8, 4) is 0 Å². The second-order valence-corrected chi connectivity index (χ2v) is 8.50. The predicted octanol–water partition coefficient (Wildman–Crippen LogP) is 5.98. The number of thiophene rings is 2. The average Bonchev–Trinajstić information content (AvgIpc) is 3.28. The van der Waals surface area contributed by atoms with Crippen molar-refractivity contribution in [2.24, 2.45) is 0 Å². The maximum atomic E-state index is 12.9. The predicted molar refractivity (Wildman–Crippen MR) is 122 cm³/mol. The third-order valence-corrected chi connectivity index (χ3v) is 6.83. The van der Waals surface area contributed by atoms with Crippen molar-refractivity contribution >= 4 is 65.4 Å². The highest BCUT2D eigenvalue weighted by molar-refractivity contribution is 7.33. The molecular weight excluding hydrogens is 404 g/mol. The maximum absolute atomic E-state index is 12.9. The molecule has 0 aliphatic rings. The van der Waals surface area contributed by atoms with Gasteiger partial charge in [-0.05, 0) is 44.2 Å². The van der Waals surface area contributed by atoms with Crippen LogP contribution in [0.15, 0.2) is 48.5 Å². The van der Waals surface area contributed by atoms with Crippen molar-refractivity contribution in [1.82, 2.24) is 0 Å². The van der Waals surface area contributed by atoms with E-state index >= 15 is 0 Å². The molecule has 0 aliphatic heterocycles. The van der Waals surface area contributed by atoms with Crippen LogP contribution in [0.2, 0.25) is 0 Å². The van der Waals surface area contributed by atoms with E-state index < -0.39 is 5.97 Å². The first kappa shape index (κ1) is 19.4. The van der Waals surface area contributed by atoms with Gasteiger partial charge in [0.25, 0.3) is 5.91 Å². The molecule has 2 N–H and O–H groups in total. The van der Waals surface area contributed by atoms with Gasteiger partial charge in [0.15, 0.2) is 0 Å². The van der Waals surface area contributed by atoms with Gasteiger partial charge in [0, 0.05) is 21.3 Å². The summed E-state index contributed by atoms with van der Waals surface area (Å²) >= 11 is 3.17. The molecule has 29 heavy (non-hydrogen) atoms. The number of carbonyl (C=O) groups excluding carboxylic acids is 2. The quantitative estimate of drug-likeness (QED) is 0.374. The molecule has 148 valence electrons. The standard InChI is InChI=1S/C22H20N2O3S2/c1-3-23-15-10-9-13(22(26)27-4-2)11-16(15)24-21(25)19-12-18-20(29-19)14-7-5-6-8-17(14)28-18/h5-12,23H,3-4H2,1-2H3,(H,24,25). The van der Waals surface area contributed by atoms with E-state index in [0.717, 1.165) is 15.1 Å². The van der Waals surface area contributed by atoms with Crippen molar-refractivity contribution in [2.45, 2.75) is 13.8 Å². The van der Waals surface area contributed by atoms with Crippen molar-refractivity contribution in [2.75, 3.05) is 23.8 Å². The fourth-order valence-electron chi connectivity index (χ4n) is 3.13. The van der Waals surface area contributed by atoms with Gasteiger partial charge in [-0.1, -0.05) is 18.2 Å². The van der Waals surface area contributed by atoms with Gasteiger partial charge >= 0.3 is 5.97 Å². The Morgan fingerprint density at radius 3 is 2.59 bits per heavy atom. The Balaban J connectivity index is 1.65. The number of amides is 1. The van der Waals surface area contributed by atoms with Crippen LogP contribution < -0.4 is 10.6 Å². The largest absolute Gasteiger partial charge is 0.462 e. The lowest BCUT2D eigenvalue weighted by molar-refractivity contribution is 0.0526. The summed E-state index contributed by atoms with van der Waals surface area (Å²) in [6, 6.07) is 15.3. The van der Waals surface area contributed by atoms with Gasteiger partial charge in [-0.25, -0.2) is 4.79 Å². The van der Waals surface area contributed by atoms with Gasteiger partial charge in [-0.15, -0.1) is 22.7 Å². The van der Waals surface area contributed by atoms with E-state index in [1.54, 1.807) is 36.5 Å². The van der Waals surface area contributed by atoms with Crippen LogP contribution in [-0.2, 0) is 4.74 Å². The van der Waals surface area contributed by atoms with Gasteiger partial charge in [0.05, 0.1) is 33.1 Å². The molecule has 2 aromatic carbocycles. The topological polar surface area (TPSA) is 67.4 Å². The molecular formula is C22H20N2O3S2. The van der Waals surface area contributed by atoms with Gasteiger partial charge < -0.3 is 15.4 Å². The molecule has 0 saturated heterocycles. The highest BCUT2D eigenvalue weighted by Crippen LogP contribution is 2.39. The molecule has 1 amide bonds. The van der Waals surface area contributed by atoms with Crippen molar-refractivity contribution < 1.29 is 14.3 Å². The first-order chi connectivity index (χ1) is 14.1. The molecule has 0 bridgehead atoms. The summed E-state index contributed by atoms with van der Waals surface area (Å²) in [5, 5.41) is 7.34. The fraction of sp³-hybridized carbons (Fsp3) is 0.182. The zero-order chi connectivity index (χ0) is 20.4. The number of hydrogen-bond acceptors (Lipinski definition) is 6. The smallest absolute Gasteiger partial charge is 0.338 e. The number of ether oxygens (including phenoxy) is 1. The molecule has 0 atom stereocenters.